The Balaban J connectivity index is 2.22. The molecule has 1 N–H and O–H groups in total. The molecule has 5 nitrogen and oxygen atoms in total. The first-order chi connectivity index (χ1) is 9.15. The van der Waals surface area contributed by atoms with Crippen molar-refractivity contribution in [3.8, 4) is 0 Å². The van der Waals surface area contributed by atoms with E-state index in [0.29, 0.717) is 18.8 Å². The molecule has 6 heteroatoms. The van der Waals surface area contributed by atoms with E-state index in [1.165, 1.54) is 15.9 Å². The molecule has 2 amide bonds. The Morgan fingerprint density at radius 2 is 2.21 bits per heavy atom. The molecule has 0 radical (unpaired) electrons. The van der Waals surface area contributed by atoms with E-state index in [-0.39, 0.29) is 24.0 Å². The number of rotatable bonds is 1. The number of halogens is 1. The van der Waals surface area contributed by atoms with Crippen LogP contribution in [0.15, 0.2) is 18.2 Å². The van der Waals surface area contributed by atoms with Crippen molar-refractivity contribution in [3.63, 3.8) is 0 Å². The lowest BCUT2D eigenvalue weighted by Gasteiger charge is -2.43. The van der Waals surface area contributed by atoms with Gasteiger partial charge in [-0.05, 0) is 19.1 Å². The minimum atomic E-state index is -0.648. The number of nitrogens with zero attached hydrogens (tertiary/aromatic N) is 2. The maximum Gasteiger partial charge on any atom is 0.251 e. The molecule has 0 aromatic heterocycles. The lowest BCUT2D eigenvalue weighted by Crippen LogP contribution is -2.64. The van der Waals surface area contributed by atoms with Crippen molar-refractivity contribution < 1.29 is 14.0 Å². The number of benzene rings is 1. The van der Waals surface area contributed by atoms with Crippen LogP contribution in [0.1, 0.15) is 6.92 Å². The quantitative estimate of drug-likeness (QED) is 0.802. The molecule has 19 heavy (non-hydrogen) atoms. The second-order valence-electron chi connectivity index (χ2n) is 4.60. The van der Waals surface area contributed by atoms with Crippen LogP contribution in [-0.2, 0) is 9.59 Å². The van der Waals surface area contributed by atoms with Gasteiger partial charge in [-0.2, -0.15) is 0 Å². The number of likely N-dealkylation sites (N-methyl/N-ethyl adjacent to an activating group) is 1. The van der Waals surface area contributed by atoms with E-state index in [4.69, 9.17) is 0 Å². The highest BCUT2D eigenvalue weighted by molar-refractivity contribution is 6.14. The molecular weight excluding hydrogens is 249 g/mol. The first-order valence-electron chi connectivity index (χ1n) is 6.27. The maximum atomic E-state index is 14.1. The Hall–Kier alpha value is -1.95. The number of carbonyl (C=O) groups excluding carboxylic acids is 2. The fraction of sp³-hybridized carbons (Fsp3) is 0.385. The predicted molar refractivity (Wildman–Crippen MR) is 68.6 cm³/mol. The minimum absolute atomic E-state index is 0.129. The normalized spacial score (nSPS) is 22.3. The van der Waals surface area contributed by atoms with Crippen LogP contribution >= 0.6 is 0 Å². The van der Waals surface area contributed by atoms with Crippen molar-refractivity contribution in [2.45, 2.75) is 13.0 Å². The summed E-state index contributed by atoms with van der Waals surface area (Å²) >= 11 is 0. The van der Waals surface area contributed by atoms with Crippen molar-refractivity contribution in [1.29, 1.82) is 0 Å². The van der Waals surface area contributed by atoms with Gasteiger partial charge in [-0.25, -0.2) is 4.39 Å². The van der Waals surface area contributed by atoms with Crippen LogP contribution in [0.5, 0.6) is 0 Å². The average Bonchev–Trinajstić information content (AvgIpc) is 2.40. The number of carbonyl (C=O) groups is 2. The van der Waals surface area contributed by atoms with Crippen LogP contribution in [0.2, 0.25) is 0 Å². The second-order valence-corrected chi connectivity index (χ2v) is 4.60. The molecular formula is C13H14FN3O2. The van der Waals surface area contributed by atoms with E-state index in [1.54, 1.807) is 12.1 Å². The standard InChI is InChI=1S/C13H14FN3O2/c1-2-16-9-5-3-4-8(14)12(9)17-10(13(16)19)6-15-7-11(17)18/h3-5,10,15H,2,6-7H2,1H3. The molecule has 1 aromatic carbocycles. The van der Waals surface area contributed by atoms with Crippen molar-refractivity contribution in [2.75, 3.05) is 29.4 Å². The number of piperazine rings is 1. The van der Waals surface area contributed by atoms with Gasteiger partial charge in [-0.3, -0.25) is 14.5 Å². The number of hydrogen-bond donors (Lipinski definition) is 1. The highest BCUT2D eigenvalue weighted by Crippen LogP contribution is 2.38. The fourth-order valence-corrected chi connectivity index (χ4v) is 2.73. The van der Waals surface area contributed by atoms with E-state index in [1.807, 2.05) is 6.92 Å². The van der Waals surface area contributed by atoms with E-state index in [9.17, 15) is 14.0 Å². The summed E-state index contributed by atoms with van der Waals surface area (Å²) in [5.41, 5.74) is 0.694. The topological polar surface area (TPSA) is 52.7 Å². The van der Waals surface area contributed by atoms with Crippen molar-refractivity contribution in [3.05, 3.63) is 24.0 Å². The lowest BCUT2D eigenvalue weighted by atomic mass is 10.0. The molecule has 2 aliphatic heterocycles. The van der Waals surface area contributed by atoms with Gasteiger partial charge in [0, 0.05) is 13.1 Å². The molecule has 2 aliphatic rings. The molecule has 0 bridgehead atoms. The first kappa shape index (κ1) is 12.1. The lowest BCUT2D eigenvalue weighted by molar-refractivity contribution is -0.126. The van der Waals surface area contributed by atoms with Gasteiger partial charge in [0.05, 0.1) is 12.2 Å². The molecule has 100 valence electrons. The summed E-state index contributed by atoms with van der Waals surface area (Å²) in [4.78, 5) is 27.2. The van der Waals surface area contributed by atoms with Crippen LogP contribution in [0.25, 0.3) is 0 Å². The molecule has 1 atom stereocenters. The first-order valence-corrected chi connectivity index (χ1v) is 6.27. The Morgan fingerprint density at radius 1 is 1.42 bits per heavy atom. The highest BCUT2D eigenvalue weighted by atomic mass is 19.1. The Bertz CT molecular complexity index is 561. The number of fused-ring (bicyclic) bond motifs is 3. The van der Waals surface area contributed by atoms with Gasteiger partial charge in [-0.15, -0.1) is 0 Å². The number of nitrogens with one attached hydrogen (secondary N) is 1. The second kappa shape index (κ2) is 4.31. The zero-order chi connectivity index (χ0) is 13.6. The van der Waals surface area contributed by atoms with Crippen molar-refractivity contribution >= 4 is 23.2 Å². The van der Waals surface area contributed by atoms with Crippen LogP contribution in [0, 0.1) is 5.82 Å². The third-order valence-corrected chi connectivity index (χ3v) is 3.56. The Morgan fingerprint density at radius 3 is 2.95 bits per heavy atom. The van der Waals surface area contributed by atoms with Crippen molar-refractivity contribution in [2.24, 2.45) is 0 Å². The molecule has 3 rings (SSSR count). The summed E-state index contributed by atoms with van der Waals surface area (Å²) in [6.07, 6.45) is 0. The summed E-state index contributed by atoms with van der Waals surface area (Å²) in [6, 6.07) is 3.89. The molecule has 1 unspecified atom stereocenters. The Labute approximate surface area is 110 Å². The zero-order valence-corrected chi connectivity index (χ0v) is 10.5. The summed E-state index contributed by atoms with van der Waals surface area (Å²) in [5.74, 6) is -0.906. The molecule has 2 heterocycles. The SMILES string of the molecule is CCN1C(=O)C2CNCC(=O)N2c2c(F)cccc21. The summed E-state index contributed by atoms with van der Waals surface area (Å²) in [7, 11) is 0. The van der Waals surface area contributed by atoms with Crippen LogP contribution in [-0.4, -0.2) is 37.5 Å². The van der Waals surface area contributed by atoms with E-state index in [0.717, 1.165) is 0 Å². The van der Waals surface area contributed by atoms with Gasteiger partial charge in [0.25, 0.3) is 5.91 Å². The van der Waals surface area contributed by atoms with Gasteiger partial charge in [-0.1, -0.05) is 6.07 Å². The van der Waals surface area contributed by atoms with Crippen molar-refractivity contribution in [1.82, 2.24) is 5.32 Å². The number of para-hydroxylation sites is 1. The smallest absolute Gasteiger partial charge is 0.251 e. The monoisotopic (exact) mass is 263 g/mol. The molecule has 0 saturated carbocycles. The predicted octanol–water partition coefficient (Wildman–Crippen LogP) is 0.497. The summed E-state index contributed by atoms with van der Waals surface area (Å²) in [6.45, 7) is 2.77. The minimum Gasteiger partial charge on any atom is -0.309 e. The van der Waals surface area contributed by atoms with Gasteiger partial charge in [0.1, 0.15) is 17.5 Å². The zero-order valence-electron chi connectivity index (χ0n) is 10.5. The molecule has 0 aliphatic carbocycles. The number of amides is 2. The molecule has 1 aromatic rings. The molecule has 1 fully saturated rings. The third-order valence-electron chi connectivity index (χ3n) is 3.56. The van der Waals surface area contributed by atoms with Gasteiger partial charge >= 0.3 is 0 Å². The Kier molecular flexibility index (Phi) is 2.74. The van der Waals surface area contributed by atoms with Crippen LogP contribution in [0.3, 0.4) is 0 Å². The molecule has 0 spiro atoms. The van der Waals surface area contributed by atoms with E-state index < -0.39 is 11.9 Å². The van der Waals surface area contributed by atoms with Gasteiger partial charge in [0.2, 0.25) is 5.91 Å². The summed E-state index contributed by atoms with van der Waals surface area (Å²) in [5, 5.41) is 2.90. The number of hydrogen-bond acceptors (Lipinski definition) is 3. The fourth-order valence-electron chi connectivity index (χ4n) is 2.73. The van der Waals surface area contributed by atoms with Gasteiger partial charge in [0.15, 0.2) is 0 Å². The maximum absolute atomic E-state index is 14.1. The summed E-state index contributed by atoms with van der Waals surface area (Å²) < 4.78 is 14.1. The number of anilines is 2. The van der Waals surface area contributed by atoms with E-state index >= 15 is 0 Å². The third kappa shape index (κ3) is 1.63. The van der Waals surface area contributed by atoms with Gasteiger partial charge < -0.3 is 10.2 Å². The molecule has 1 saturated heterocycles. The average molecular weight is 263 g/mol. The largest absolute Gasteiger partial charge is 0.309 e. The van der Waals surface area contributed by atoms with Crippen LogP contribution < -0.4 is 15.1 Å². The van der Waals surface area contributed by atoms with E-state index in [2.05, 4.69) is 5.32 Å². The highest BCUT2D eigenvalue weighted by Gasteiger charge is 2.43. The van der Waals surface area contributed by atoms with Crippen LogP contribution in [0.4, 0.5) is 15.8 Å².